The van der Waals surface area contributed by atoms with Crippen LogP contribution in [0, 0.1) is 0 Å². The molecule has 1 aromatic carbocycles. The fraction of sp³-hybridized carbons (Fsp3) is 0.182. The highest BCUT2D eigenvalue weighted by molar-refractivity contribution is 7.21. The van der Waals surface area contributed by atoms with Crippen molar-refractivity contribution < 1.29 is 19.4 Å². The van der Waals surface area contributed by atoms with Crippen LogP contribution in [0.3, 0.4) is 0 Å². The van der Waals surface area contributed by atoms with E-state index in [-0.39, 0.29) is 0 Å². The number of hydrogen-bond acceptors (Lipinski definition) is 4. The molecule has 0 aliphatic heterocycles. The second kappa shape index (κ2) is 4.02. The third kappa shape index (κ3) is 1.59. The first-order valence-corrected chi connectivity index (χ1v) is 5.37. The average Bonchev–Trinajstić information content (AvgIpc) is 2.71. The number of rotatable bonds is 3. The Bertz CT molecular complexity index is 544. The summed E-state index contributed by atoms with van der Waals surface area (Å²) in [5, 5.41) is 9.76. The SMILES string of the molecule is COc1ccc2cc(C(=O)O)sc2c1OC. The Morgan fingerprint density at radius 3 is 2.62 bits per heavy atom. The van der Waals surface area contributed by atoms with Crippen LogP contribution in [0.2, 0.25) is 0 Å². The molecule has 1 aromatic heterocycles. The van der Waals surface area contributed by atoms with Crippen LogP contribution in [0.1, 0.15) is 9.67 Å². The minimum Gasteiger partial charge on any atom is -0.493 e. The minimum absolute atomic E-state index is 0.293. The molecule has 2 aromatic rings. The highest BCUT2D eigenvalue weighted by Gasteiger charge is 2.14. The topological polar surface area (TPSA) is 55.8 Å². The number of thiophene rings is 1. The van der Waals surface area contributed by atoms with Crippen LogP contribution in [-0.4, -0.2) is 25.3 Å². The second-order valence-corrected chi connectivity index (χ2v) is 4.19. The molecule has 0 bridgehead atoms. The van der Waals surface area contributed by atoms with Gasteiger partial charge in [0.1, 0.15) is 4.88 Å². The minimum atomic E-state index is -0.929. The maximum Gasteiger partial charge on any atom is 0.345 e. The van der Waals surface area contributed by atoms with Crippen molar-refractivity contribution in [2.45, 2.75) is 0 Å². The summed E-state index contributed by atoms with van der Waals surface area (Å²) in [5.41, 5.74) is 0. The van der Waals surface area contributed by atoms with E-state index < -0.39 is 5.97 Å². The van der Waals surface area contributed by atoms with Gasteiger partial charge in [-0.1, -0.05) is 0 Å². The molecule has 0 saturated carbocycles. The summed E-state index contributed by atoms with van der Waals surface area (Å²) in [4.78, 5) is 11.2. The molecule has 1 heterocycles. The number of ether oxygens (including phenoxy) is 2. The molecule has 0 unspecified atom stereocenters. The van der Waals surface area contributed by atoms with Crippen molar-refractivity contribution in [3.05, 3.63) is 23.1 Å². The van der Waals surface area contributed by atoms with E-state index in [9.17, 15) is 4.79 Å². The van der Waals surface area contributed by atoms with E-state index >= 15 is 0 Å². The van der Waals surface area contributed by atoms with E-state index in [1.165, 1.54) is 18.4 Å². The van der Waals surface area contributed by atoms with Crippen LogP contribution in [0.4, 0.5) is 0 Å². The number of benzene rings is 1. The van der Waals surface area contributed by atoms with Crippen molar-refractivity contribution in [3.63, 3.8) is 0 Å². The predicted octanol–water partition coefficient (Wildman–Crippen LogP) is 2.62. The van der Waals surface area contributed by atoms with Gasteiger partial charge in [0.15, 0.2) is 11.5 Å². The molecular weight excluding hydrogens is 228 g/mol. The summed E-state index contributed by atoms with van der Waals surface area (Å²) in [6.45, 7) is 0. The first-order chi connectivity index (χ1) is 7.67. The summed E-state index contributed by atoms with van der Waals surface area (Å²) in [6, 6.07) is 5.21. The summed E-state index contributed by atoms with van der Waals surface area (Å²) >= 11 is 1.18. The molecule has 0 spiro atoms. The summed E-state index contributed by atoms with van der Waals surface area (Å²) in [6.07, 6.45) is 0. The number of methoxy groups -OCH3 is 2. The lowest BCUT2D eigenvalue weighted by atomic mass is 10.2. The van der Waals surface area contributed by atoms with Crippen LogP contribution >= 0.6 is 11.3 Å². The molecule has 4 nitrogen and oxygen atoms in total. The van der Waals surface area contributed by atoms with Crippen molar-refractivity contribution in [1.29, 1.82) is 0 Å². The van der Waals surface area contributed by atoms with E-state index in [4.69, 9.17) is 14.6 Å². The maximum absolute atomic E-state index is 10.9. The Morgan fingerprint density at radius 1 is 1.31 bits per heavy atom. The Labute approximate surface area is 96.0 Å². The number of fused-ring (bicyclic) bond motifs is 1. The van der Waals surface area contributed by atoms with E-state index in [2.05, 4.69) is 0 Å². The van der Waals surface area contributed by atoms with Gasteiger partial charge in [0.2, 0.25) is 0 Å². The monoisotopic (exact) mass is 238 g/mol. The summed E-state index contributed by atoms with van der Waals surface area (Å²) < 4.78 is 11.2. The summed E-state index contributed by atoms with van der Waals surface area (Å²) in [5.74, 6) is 0.258. The third-order valence-corrected chi connectivity index (χ3v) is 3.38. The molecule has 5 heteroatoms. The first kappa shape index (κ1) is 10.8. The smallest absolute Gasteiger partial charge is 0.345 e. The fourth-order valence-corrected chi connectivity index (χ4v) is 2.53. The zero-order valence-corrected chi connectivity index (χ0v) is 9.63. The normalized spacial score (nSPS) is 10.4. The molecule has 0 amide bonds. The lowest BCUT2D eigenvalue weighted by Gasteiger charge is -2.07. The number of carboxylic acids is 1. The molecule has 1 N–H and O–H groups in total. The molecule has 0 radical (unpaired) electrons. The number of carbonyl (C=O) groups is 1. The molecule has 16 heavy (non-hydrogen) atoms. The van der Waals surface area contributed by atoms with Gasteiger partial charge in [0.25, 0.3) is 0 Å². The van der Waals surface area contributed by atoms with Crippen molar-refractivity contribution >= 4 is 27.4 Å². The van der Waals surface area contributed by atoms with Crippen LogP contribution in [0.25, 0.3) is 10.1 Å². The van der Waals surface area contributed by atoms with Gasteiger partial charge in [-0.3, -0.25) is 0 Å². The number of carboxylic acid groups (broad SMARTS) is 1. The van der Waals surface area contributed by atoms with Gasteiger partial charge in [-0.15, -0.1) is 11.3 Å². The second-order valence-electron chi connectivity index (χ2n) is 3.14. The lowest BCUT2D eigenvalue weighted by Crippen LogP contribution is -1.89. The molecule has 0 aliphatic rings. The average molecular weight is 238 g/mol. The molecule has 0 atom stereocenters. The maximum atomic E-state index is 10.9. The standard InChI is InChI=1S/C11H10O4S/c1-14-7-4-3-6-5-8(11(12)13)16-10(6)9(7)15-2/h3-5H,1-2H3,(H,12,13). The van der Waals surface area contributed by atoms with E-state index in [0.717, 1.165) is 10.1 Å². The van der Waals surface area contributed by atoms with Gasteiger partial charge in [-0.25, -0.2) is 4.79 Å². The first-order valence-electron chi connectivity index (χ1n) is 4.55. The predicted molar refractivity (Wildman–Crippen MR) is 61.9 cm³/mol. The molecule has 0 fully saturated rings. The third-order valence-electron chi connectivity index (χ3n) is 2.24. The van der Waals surface area contributed by atoms with Crippen LogP contribution in [-0.2, 0) is 0 Å². The van der Waals surface area contributed by atoms with Gasteiger partial charge >= 0.3 is 5.97 Å². The van der Waals surface area contributed by atoms with Crippen molar-refractivity contribution in [2.24, 2.45) is 0 Å². The zero-order chi connectivity index (χ0) is 11.7. The number of hydrogen-bond donors (Lipinski definition) is 1. The van der Waals surface area contributed by atoms with Gasteiger partial charge in [-0.05, 0) is 23.6 Å². The Morgan fingerprint density at radius 2 is 2.06 bits per heavy atom. The van der Waals surface area contributed by atoms with Gasteiger partial charge < -0.3 is 14.6 Å². The summed E-state index contributed by atoms with van der Waals surface area (Å²) in [7, 11) is 3.09. The zero-order valence-electron chi connectivity index (χ0n) is 8.81. The van der Waals surface area contributed by atoms with Crippen LogP contribution < -0.4 is 9.47 Å². The molecular formula is C11H10O4S. The Hall–Kier alpha value is -1.75. The van der Waals surface area contributed by atoms with Crippen molar-refractivity contribution in [1.82, 2.24) is 0 Å². The van der Waals surface area contributed by atoms with Crippen LogP contribution in [0.5, 0.6) is 11.5 Å². The van der Waals surface area contributed by atoms with Crippen molar-refractivity contribution in [2.75, 3.05) is 14.2 Å². The Kier molecular flexibility index (Phi) is 2.70. The van der Waals surface area contributed by atoms with E-state index in [1.54, 1.807) is 19.2 Å². The number of aromatic carboxylic acids is 1. The molecule has 0 aliphatic carbocycles. The van der Waals surface area contributed by atoms with E-state index in [1.807, 2.05) is 6.07 Å². The largest absolute Gasteiger partial charge is 0.493 e. The van der Waals surface area contributed by atoms with Gasteiger partial charge in [-0.2, -0.15) is 0 Å². The van der Waals surface area contributed by atoms with Crippen molar-refractivity contribution in [3.8, 4) is 11.5 Å². The highest BCUT2D eigenvalue weighted by atomic mass is 32.1. The van der Waals surface area contributed by atoms with Crippen LogP contribution in [0.15, 0.2) is 18.2 Å². The highest BCUT2D eigenvalue weighted by Crippen LogP contribution is 2.40. The van der Waals surface area contributed by atoms with Gasteiger partial charge in [0.05, 0.1) is 18.9 Å². The van der Waals surface area contributed by atoms with Gasteiger partial charge in [0, 0.05) is 0 Å². The lowest BCUT2D eigenvalue weighted by molar-refractivity contribution is 0.0702. The molecule has 2 rings (SSSR count). The van der Waals surface area contributed by atoms with E-state index in [0.29, 0.717) is 16.4 Å². The quantitative estimate of drug-likeness (QED) is 0.893. The molecule has 84 valence electrons. The fourth-order valence-electron chi connectivity index (χ4n) is 1.52. The molecule has 0 saturated heterocycles. The Balaban J connectivity index is 2.71.